The summed E-state index contributed by atoms with van der Waals surface area (Å²) in [5.41, 5.74) is 0.642. The van der Waals surface area contributed by atoms with Crippen LogP contribution in [-0.4, -0.2) is 48.9 Å². The summed E-state index contributed by atoms with van der Waals surface area (Å²) < 4.78 is 21.4. The molecule has 3 aromatic rings. The number of aromatic nitrogens is 2. The van der Waals surface area contributed by atoms with E-state index in [1.165, 1.54) is 27.4 Å². The monoisotopic (exact) mass is 457 g/mol. The highest BCUT2D eigenvalue weighted by Gasteiger charge is 2.28. The molecule has 33 heavy (non-hydrogen) atoms. The minimum absolute atomic E-state index is 0.0291. The largest absolute Gasteiger partial charge is 0.507 e. The Morgan fingerprint density at radius 3 is 2.42 bits per heavy atom. The third kappa shape index (κ3) is 5.46. The van der Waals surface area contributed by atoms with E-state index in [9.17, 15) is 14.7 Å². The van der Waals surface area contributed by atoms with Crippen LogP contribution in [0.5, 0.6) is 23.0 Å². The molecule has 0 bridgehead atoms. The highest BCUT2D eigenvalue weighted by molar-refractivity contribution is 5.78. The second-order valence-electron chi connectivity index (χ2n) is 7.34. The average molecular weight is 457 g/mol. The summed E-state index contributed by atoms with van der Waals surface area (Å²) in [6, 6.07) is 4.63. The standard InChI is InChI=1S/C23H27N3O7/c1-13-7-17(27)21(23(29)33-13)16(10-20(28)25-6-5-15-11-24-12-26-15)14-8-18(30-2)22(32-4)19(9-14)31-3/h7-9,11-12,16,27H,5-6,10H2,1-4H3,(H,24,26)(H,25,28)/t16-/m0/s1. The topological polar surface area (TPSA) is 136 Å². The normalized spacial score (nSPS) is 11.6. The van der Waals surface area contributed by atoms with Gasteiger partial charge < -0.3 is 34.0 Å². The van der Waals surface area contributed by atoms with Gasteiger partial charge in [-0.25, -0.2) is 9.78 Å². The third-order valence-electron chi connectivity index (χ3n) is 5.19. The molecule has 0 spiro atoms. The van der Waals surface area contributed by atoms with Crippen molar-refractivity contribution in [2.24, 2.45) is 0 Å². The third-order valence-corrected chi connectivity index (χ3v) is 5.19. The number of carbonyl (C=O) groups excluding carboxylic acids is 1. The summed E-state index contributed by atoms with van der Waals surface area (Å²) in [7, 11) is 4.41. The number of aromatic amines is 1. The molecule has 10 heteroatoms. The predicted molar refractivity (Wildman–Crippen MR) is 119 cm³/mol. The van der Waals surface area contributed by atoms with E-state index in [-0.39, 0.29) is 29.4 Å². The first-order valence-corrected chi connectivity index (χ1v) is 10.2. The Morgan fingerprint density at radius 2 is 1.88 bits per heavy atom. The number of nitrogens with zero attached hydrogens (tertiary/aromatic N) is 1. The highest BCUT2D eigenvalue weighted by Crippen LogP contribution is 2.42. The molecule has 0 fully saturated rings. The van der Waals surface area contributed by atoms with E-state index in [0.29, 0.717) is 35.8 Å². The van der Waals surface area contributed by atoms with Gasteiger partial charge in [0.1, 0.15) is 11.5 Å². The fourth-order valence-electron chi connectivity index (χ4n) is 3.63. The van der Waals surface area contributed by atoms with Crippen LogP contribution in [0.3, 0.4) is 0 Å². The molecule has 0 saturated heterocycles. The number of aryl methyl sites for hydroxylation is 1. The Bertz CT molecular complexity index is 1130. The number of aromatic hydroxyl groups is 1. The summed E-state index contributed by atoms with van der Waals surface area (Å²) in [6.07, 6.45) is 3.69. The smallest absolute Gasteiger partial charge is 0.343 e. The maximum absolute atomic E-state index is 12.8. The molecule has 0 saturated carbocycles. The van der Waals surface area contributed by atoms with Crippen molar-refractivity contribution in [3.05, 3.63) is 63.7 Å². The molecule has 0 radical (unpaired) electrons. The summed E-state index contributed by atoms with van der Waals surface area (Å²) >= 11 is 0. The maximum atomic E-state index is 12.8. The predicted octanol–water partition coefficient (Wildman–Crippen LogP) is 2.28. The van der Waals surface area contributed by atoms with Gasteiger partial charge in [-0.1, -0.05) is 0 Å². The lowest BCUT2D eigenvalue weighted by Gasteiger charge is -2.21. The number of hydrogen-bond donors (Lipinski definition) is 3. The SMILES string of the molecule is COc1cc([C@H](CC(=O)NCCc2cnc[nH]2)c2c(O)cc(C)oc2=O)cc(OC)c1OC. The van der Waals surface area contributed by atoms with Crippen molar-refractivity contribution >= 4 is 5.91 Å². The Morgan fingerprint density at radius 1 is 1.18 bits per heavy atom. The van der Waals surface area contributed by atoms with E-state index in [1.54, 1.807) is 31.6 Å². The molecule has 10 nitrogen and oxygen atoms in total. The molecule has 2 aromatic heterocycles. The van der Waals surface area contributed by atoms with Gasteiger partial charge in [0.15, 0.2) is 11.5 Å². The van der Waals surface area contributed by atoms with Crippen LogP contribution in [0.25, 0.3) is 0 Å². The molecule has 1 aromatic carbocycles. The lowest BCUT2D eigenvalue weighted by Crippen LogP contribution is -2.28. The van der Waals surface area contributed by atoms with Gasteiger partial charge in [0.05, 0.1) is 33.2 Å². The van der Waals surface area contributed by atoms with Crippen molar-refractivity contribution in [3.63, 3.8) is 0 Å². The van der Waals surface area contributed by atoms with Gasteiger partial charge in [0.2, 0.25) is 11.7 Å². The number of amides is 1. The van der Waals surface area contributed by atoms with Crippen LogP contribution in [0.1, 0.15) is 34.9 Å². The van der Waals surface area contributed by atoms with Crippen LogP contribution in [0, 0.1) is 6.92 Å². The van der Waals surface area contributed by atoms with Gasteiger partial charge >= 0.3 is 5.63 Å². The summed E-state index contributed by atoms with van der Waals surface area (Å²) in [5, 5.41) is 13.4. The van der Waals surface area contributed by atoms with Crippen molar-refractivity contribution in [2.45, 2.75) is 25.7 Å². The molecule has 0 aliphatic rings. The van der Waals surface area contributed by atoms with Crippen LogP contribution >= 0.6 is 0 Å². The molecule has 3 N–H and O–H groups in total. The summed E-state index contributed by atoms with van der Waals surface area (Å²) in [6.45, 7) is 1.93. The zero-order valence-corrected chi connectivity index (χ0v) is 18.9. The fraction of sp³-hybridized carbons (Fsp3) is 0.348. The van der Waals surface area contributed by atoms with Gasteiger partial charge in [-0.2, -0.15) is 0 Å². The van der Waals surface area contributed by atoms with Gasteiger partial charge in [-0.3, -0.25) is 4.79 Å². The molecule has 0 aliphatic carbocycles. The lowest BCUT2D eigenvalue weighted by molar-refractivity contribution is -0.121. The van der Waals surface area contributed by atoms with Gasteiger partial charge in [-0.15, -0.1) is 0 Å². The van der Waals surface area contributed by atoms with Crippen LogP contribution in [0.2, 0.25) is 0 Å². The molecule has 3 rings (SSSR count). The van der Waals surface area contributed by atoms with E-state index < -0.39 is 11.5 Å². The van der Waals surface area contributed by atoms with Crippen molar-refractivity contribution in [1.82, 2.24) is 15.3 Å². The van der Waals surface area contributed by atoms with E-state index in [0.717, 1.165) is 5.69 Å². The number of rotatable bonds is 10. The average Bonchev–Trinajstić information content (AvgIpc) is 3.30. The number of hydrogen-bond acceptors (Lipinski definition) is 8. The second-order valence-corrected chi connectivity index (χ2v) is 7.34. The molecular weight excluding hydrogens is 430 g/mol. The first kappa shape index (κ1) is 23.7. The molecule has 1 atom stereocenters. The van der Waals surface area contributed by atoms with Gasteiger partial charge in [0.25, 0.3) is 0 Å². The van der Waals surface area contributed by atoms with Crippen molar-refractivity contribution < 1.29 is 28.5 Å². The number of carbonyl (C=O) groups is 1. The Balaban J connectivity index is 1.98. The van der Waals surface area contributed by atoms with Crippen molar-refractivity contribution in [3.8, 4) is 23.0 Å². The van der Waals surface area contributed by atoms with E-state index >= 15 is 0 Å². The van der Waals surface area contributed by atoms with E-state index in [4.69, 9.17) is 18.6 Å². The first-order valence-electron chi connectivity index (χ1n) is 10.2. The van der Waals surface area contributed by atoms with Gasteiger partial charge in [-0.05, 0) is 24.6 Å². The van der Waals surface area contributed by atoms with Crippen LogP contribution in [0.4, 0.5) is 0 Å². The number of benzene rings is 1. The molecule has 1 amide bonds. The Kier molecular flexibility index (Phi) is 7.60. The van der Waals surface area contributed by atoms with E-state index in [2.05, 4.69) is 15.3 Å². The number of imidazole rings is 1. The lowest BCUT2D eigenvalue weighted by atomic mass is 9.88. The summed E-state index contributed by atoms with van der Waals surface area (Å²) in [5.74, 6) is -0.0660. The molecular formula is C23H27N3O7. The molecule has 0 unspecified atom stereocenters. The minimum atomic E-state index is -0.831. The minimum Gasteiger partial charge on any atom is -0.507 e. The number of nitrogens with one attached hydrogen (secondary N) is 2. The van der Waals surface area contributed by atoms with Crippen LogP contribution in [0.15, 0.2) is 39.9 Å². The zero-order chi connectivity index (χ0) is 24.0. The number of methoxy groups -OCH3 is 3. The quantitative estimate of drug-likeness (QED) is 0.422. The van der Waals surface area contributed by atoms with E-state index in [1.807, 2.05) is 0 Å². The van der Waals surface area contributed by atoms with Crippen molar-refractivity contribution in [1.29, 1.82) is 0 Å². The fourth-order valence-corrected chi connectivity index (χ4v) is 3.63. The molecule has 176 valence electrons. The summed E-state index contributed by atoms with van der Waals surface area (Å²) in [4.78, 5) is 32.4. The van der Waals surface area contributed by atoms with Gasteiger partial charge in [0, 0.05) is 43.3 Å². The Hall–Kier alpha value is -3.95. The Labute approximate surface area is 190 Å². The van der Waals surface area contributed by atoms with Crippen molar-refractivity contribution in [2.75, 3.05) is 27.9 Å². The zero-order valence-electron chi connectivity index (χ0n) is 18.9. The van der Waals surface area contributed by atoms with Crippen LogP contribution in [-0.2, 0) is 11.2 Å². The second kappa shape index (κ2) is 10.6. The maximum Gasteiger partial charge on any atom is 0.343 e. The molecule has 0 aliphatic heterocycles. The molecule has 2 heterocycles. The number of ether oxygens (including phenoxy) is 3. The highest BCUT2D eigenvalue weighted by atomic mass is 16.5. The first-order chi connectivity index (χ1) is 15.9. The van der Waals surface area contributed by atoms with Crippen LogP contribution < -0.4 is 25.2 Å². The number of H-pyrrole nitrogens is 1.